The molecule has 1 heterocycles. The molecule has 1 aromatic heterocycles. The number of ether oxygens (including phenoxy) is 1. The van der Waals surface area contributed by atoms with Gasteiger partial charge in [0.25, 0.3) is 0 Å². The fourth-order valence-electron chi connectivity index (χ4n) is 2.90. The molecule has 0 spiro atoms. The quantitative estimate of drug-likeness (QED) is 0.363. The zero-order chi connectivity index (χ0) is 22.4. The van der Waals surface area contributed by atoms with E-state index < -0.39 is 24.6 Å². The molecule has 0 amide bonds. The van der Waals surface area contributed by atoms with Crippen molar-refractivity contribution in [1.82, 2.24) is 10.1 Å². The second-order valence-electron chi connectivity index (χ2n) is 8.16. The number of halogens is 1. The van der Waals surface area contributed by atoms with E-state index in [-0.39, 0.29) is 18.9 Å². The standard InChI is InChI=1S/C21H30ClN2O5P/c1-6-27-30(5,26)17(20(25)28-21(2,3)4)14-19-23-18(24-29-19)9-7-8-15-10-12-16(22)13-11-15/h10-13,17H,6-9,14H2,1-5H3. The van der Waals surface area contributed by atoms with Crippen molar-refractivity contribution in [3.05, 3.63) is 46.6 Å². The van der Waals surface area contributed by atoms with Crippen molar-refractivity contribution < 1.29 is 23.1 Å². The van der Waals surface area contributed by atoms with Gasteiger partial charge in [0, 0.05) is 24.5 Å². The Morgan fingerprint density at radius 1 is 1.23 bits per heavy atom. The molecular formula is C21H30ClN2O5P. The van der Waals surface area contributed by atoms with E-state index in [0.29, 0.717) is 17.3 Å². The summed E-state index contributed by atoms with van der Waals surface area (Å²) in [4.78, 5) is 17.0. The summed E-state index contributed by atoms with van der Waals surface area (Å²) in [5, 5.41) is 4.70. The van der Waals surface area contributed by atoms with E-state index in [9.17, 15) is 9.36 Å². The number of rotatable bonds is 10. The van der Waals surface area contributed by atoms with Crippen LogP contribution in [0.15, 0.2) is 28.8 Å². The molecule has 0 aliphatic rings. The highest BCUT2D eigenvalue weighted by Gasteiger charge is 2.40. The van der Waals surface area contributed by atoms with E-state index in [1.165, 1.54) is 12.2 Å². The molecule has 0 saturated carbocycles. The number of nitrogens with zero attached hydrogens (tertiary/aromatic N) is 2. The van der Waals surface area contributed by atoms with Gasteiger partial charge in [0.15, 0.2) is 5.82 Å². The predicted octanol–water partition coefficient (Wildman–Crippen LogP) is 5.10. The number of hydrogen-bond donors (Lipinski definition) is 0. The lowest BCUT2D eigenvalue weighted by Gasteiger charge is -2.26. The van der Waals surface area contributed by atoms with Crippen molar-refractivity contribution in [3.63, 3.8) is 0 Å². The van der Waals surface area contributed by atoms with Crippen LogP contribution >= 0.6 is 19.0 Å². The van der Waals surface area contributed by atoms with E-state index in [1.54, 1.807) is 27.7 Å². The van der Waals surface area contributed by atoms with Gasteiger partial charge in [-0.3, -0.25) is 9.36 Å². The molecular weight excluding hydrogens is 427 g/mol. The molecule has 0 aliphatic heterocycles. The summed E-state index contributed by atoms with van der Waals surface area (Å²) in [7, 11) is -3.28. The first-order valence-corrected chi connectivity index (χ1v) is 12.5. The molecule has 2 rings (SSSR count). The van der Waals surface area contributed by atoms with E-state index in [4.69, 9.17) is 25.4 Å². The van der Waals surface area contributed by atoms with Crippen LogP contribution in [0.4, 0.5) is 0 Å². The molecule has 1 aromatic carbocycles. The lowest BCUT2D eigenvalue weighted by atomic mass is 10.1. The lowest BCUT2D eigenvalue weighted by molar-refractivity contribution is -0.154. The third-order valence-electron chi connectivity index (χ3n) is 4.29. The lowest BCUT2D eigenvalue weighted by Crippen LogP contribution is -2.33. The minimum Gasteiger partial charge on any atom is -0.459 e. The highest BCUT2D eigenvalue weighted by Crippen LogP contribution is 2.50. The van der Waals surface area contributed by atoms with Gasteiger partial charge in [-0.15, -0.1) is 0 Å². The van der Waals surface area contributed by atoms with Gasteiger partial charge in [-0.2, -0.15) is 4.98 Å². The van der Waals surface area contributed by atoms with Crippen LogP contribution in [-0.2, 0) is 37.9 Å². The van der Waals surface area contributed by atoms with Gasteiger partial charge in [0.05, 0.1) is 6.61 Å². The number of carbonyl (C=O) groups is 1. The Labute approximate surface area is 182 Å². The molecule has 2 unspecified atom stereocenters. The Morgan fingerprint density at radius 2 is 1.90 bits per heavy atom. The van der Waals surface area contributed by atoms with Crippen LogP contribution < -0.4 is 0 Å². The fourth-order valence-corrected chi connectivity index (χ4v) is 4.64. The van der Waals surface area contributed by atoms with E-state index in [1.807, 2.05) is 24.3 Å². The normalized spacial score (nSPS) is 14.9. The first kappa shape index (κ1) is 24.6. The summed E-state index contributed by atoms with van der Waals surface area (Å²) in [6.07, 6.45) is 2.32. The van der Waals surface area contributed by atoms with Gasteiger partial charge >= 0.3 is 5.97 Å². The molecule has 0 bridgehead atoms. The third kappa shape index (κ3) is 7.86. The van der Waals surface area contributed by atoms with Crippen LogP contribution in [0.25, 0.3) is 0 Å². The molecule has 0 N–H and O–H groups in total. The smallest absolute Gasteiger partial charge is 0.319 e. The second-order valence-corrected chi connectivity index (χ2v) is 11.3. The molecule has 0 saturated heterocycles. The molecule has 0 fully saturated rings. The Balaban J connectivity index is 2.02. The Morgan fingerprint density at radius 3 is 2.50 bits per heavy atom. The zero-order valence-corrected chi connectivity index (χ0v) is 19.8. The van der Waals surface area contributed by atoms with Crippen molar-refractivity contribution in [2.24, 2.45) is 0 Å². The first-order chi connectivity index (χ1) is 14.0. The van der Waals surface area contributed by atoms with E-state index in [2.05, 4.69) is 10.1 Å². The highest BCUT2D eigenvalue weighted by molar-refractivity contribution is 7.60. The highest BCUT2D eigenvalue weighted by atomic mass is 35.5. The summed E-state index contributed by atoms with van der Waals surface area (Å²) < 4.78 is 29.1. The number of aromatic nitrogens is 2. The largest absolute Gasteiger partial charge is 0.459 e. The molecule has 166 valence electrons. The molecule has 9 heteroatoms. The first-order valence-electron chi connectivity index (χ1n) is 10.0. The predicted molar refractivity (Wildman–Crippen MR) is 116 cm³/mol. The number of carbonyl (C=O) groups excluding carboxylic acids is 1. The van der Waals surface area contributed by atoms with Crippen LogP contribution in [0.2, 0.25) is 5.02 Å². The Hall–Kier alpha value is -1.69. The summed E-state index contributed by atoms with van der Waals surface area (Å²) in [6, 6.07) is 7.70. The molecule has 30 heavy (non-hydrogen) atoms. The van der Waals surface area contributed by atoms with Crippen molar-refractivity contribution in [2.75, 3.05) is 13.3 Å². The molecule has 0 radical (unpaired) electrons. The van der Waals surface area contributed by atoms with Crippen molar-refractivity contribution in [1.29, 1.82) is 0 Å². The van der Waals surface area contributed by atoms with Crippen LogP contribution in [0.5, 0.6) is 0 Å². The summed E-state index contributed by atoms with van der Waals surface area (Å²) in [5.74, 6) is 0.197. The fraction of sp³-hybridized carbons (Fsp3) is 0.571. The maximum absolute atomic E-state index is 13.0. The minimum absolute atomic E-state index is 0.00682. The number of aryl methyl sites for hydroxylation is 2. The molecule has 7 nitrogen and oxygen atoms in total. The van der Waals surface area contributed by atoms with Gasteiger partial charge in [-0.25, -0.2) is 0 Å². The molecule has 2 atom stereocenters. The van der Waals surface area contributed by atoms with Crippen LogP contribution in [-0.4, -0.2) is 40.6 Å². The number of hydrogen-bond acceptors (Lipinski definition) is 7. The van der Waals surface area contributed by atoms with Gasteiger partial charge in [0.2, 0.25) is 13.3 Å². The maximum atomic E-state index is 13.0. The monoisotopic (exact) mass is 456 g/mol. The average molecular weight is 457 g/mol. The second kappa shape index (κ2) is 10.6. The Kier molecular flexibility index (Phi) is 8.65. The number of benzene rings is 1. The van der Waals surface area contributed by atoms with Gasteiger partial charge in [0.1, 0.15) is 11.3 Å². The third-order valence-corrected chi connectivity index (χ3v) is 6.84. The maximum Gasteiger partial charge on any atom is 0.319 e. The zero-order valence-electron chi connectivity index (χ0n) is 18.2. The summed E-state index contributed by atoms with van der Waals surface area (Å²) in [6.45, 7) is 8.67. The van der Waals surface area contributed by atoms with Crippen LogP contribution in [0, 0.1) is 0 Å². The number of esters is 1. The van der Waals surface area contributed by atoms with Crippen molar-refractivity contribution in [2.45, 2.75) is 64.6 Å². The molecule has 2 aromatic rings. The van der Waals surface area contributed by atoms with Gasteiger partial charge in [-0.1, -0.05) is 28.9 Å². The van der Waals surface area contributed by atoms with Crippen molar-refractivity contribution in [3.8, 4) is 0 Å². The van der Waals surface area contributed by atoms with E-state index in [0.717, 1.165) is 12.8 Å². The molecule has 0 aliphatic carbocycles. The van der Waals surface area contributed by atoms with Crippen LogP contribution in [0.3, 0.4) is 0 Å². The van der Waals surface area contributed by atoms with Crippen molar-refractivity contribution >= 4 is 24.9 Å². The minimum atomic E-state index is -3.28. The summed E-state index contributed by atoms with van der Waals surface area (Å²) in [5.41, 5.74) is -0.528. The Bertz CT molecular complexity index is 876. The van der Waals surface area contributed by atoms with Crippen LogP contribution in [0.1, 0.15) is 51.4 Å². The SMILES string of the molecule is CCOP(C)(=O)C(Cc1nc(CCCc2ccc(Cl)cc2)no1)C(=O)OC(C)(C)C. The average Bonchev–Trinajstić information content (AvgIpc) is 3.07. The topological polar surface area (TPSA) is 91.5 Å². The van der Waals surface area contributed by atoms with Gasteiger partial charge < -0.3 is 13.8 Å². The summed E-state index contributed by atoms with van der Waals surface area (Å²) >= 11 is 5.90. The van der Waals surface area contributed by atoms with E-state index >= 15 is 0 Å². The van der Waals surface area contributed by atoms with Gasteiger partial charge in [-0.05, 0) is 58.2 Å².